The zero-order valence-corrected chi connectivity index (χ0v) is 13.4. The van der Waals surface area contributed by atoms with Crippen molar-refractivity contribution in [3.05, 3.63) is 66.2 Å². The Morgan fingerprint density at radius 3 is 2.42 bits per heavy atom. The van der Waals surface area contributed by atoms with Crippen LogP contribution in [0.3, 0.4) is 0 Å². The first kappa shape index (κ1) is 17.5. The van der Waals surface area contributed by atoms with Gasteiger partial charge in [0.1, 0.15) is 0 Å². The van der Waals surface area contributed by atoms with Crippen LogP contribution < -0.4 is 5.32 Å². The number of rotatable bonds is 5. The first-order valence-electron chi connectivity index (χ1n) is 7.57. The van der Waals surface area contributed by atoms with Gasteiger partial charge in [0.15, 0.2) is 5.82 Å². The number of hydrogen-bond acceptors (Lipinski definition) is 3. The zero-order chi connectivity index (χ0) is 18.9. The molecule has 1 heterocycles. The second-order valence-corrected chi connectivity index (χ2v) is 5.58. The molecule has 5 nitrogen and oxygen atoms in total. The number of aromatic nitrogens is 2. The first-order valence-corrected chi connectivity index (χ1v) is 7.57. The minimum Gasteiger partial charge on any atom is -0.478 e. The molecule has 0 atom stereocenters. The molecule has 2 N–H and O–H groups in total. The Balaban J connectivity index is 1.99. The van der Waals surface area contributed by atoms with Crippen molar-refractivity contribution < 1.29 is 23.1 Å². The van der Waals surface area contributed by atoms with E-state index in [1.54, 1.807) is 24.3 Å². The van der Waals surface area contributed by atoms with Gasteiger partial charge in [-0.1, -0.05) is 18.7 Å². The van der Waals surface area contributed by atoms with Crippen molar-refractivity contribution in [1.29, 1.82) is 0 Å². The summed E-state index contributed by atoms with van der Waals surface area (Å²) in [6, 6.07) is 11.8. The van der Waals surface area contributed by atoms with Crippen LogP contribution in [-0.2, 0) is 11.0 Å². The van der Waals surface area contributed by atoms with E-state index in [1.165, 1.54) is 16.8 Å². The van der Waals surface area contributed by atoms with Crippen LogP contribution in [0, 0.1) is 0 Å². The highest BCUT2D eigenvalue weighted by Gasteiger charge is 2.30. The van der Waals surface area contributed by atoms with Gasteiger partial charge in [-0.05, 0) is 36.4 Å². The first-order chi connectivity index (χ1) is 12.3. The number of nitrogens with zero attached hydrogens (tertiary/aromatic N) is 2. The number of anilines is 1. The van der Waals surface area contributed by atoms with Crippen LogP contribution in [0.5, 0.6) is 0 Å². The van der Waals surface area contributed by atoms with Crippen LogP contribution in [-0.4, -0.2) is 27.4 Å². The van der Waals surface area contributed by atoms with Crippen LogP contribution in [0.4, 0.5) is 19.0 Å². The highest BCUT2D eigenvalue weighted by molar-refractivity contribution is 5.92. The molecule has 0 fully saturated rings. The standard InChI is InChI=1S/C18H14F3N3O2/c1-11(17(25)26)10-22-16-14-4-2-3-5-15(14)24(23-16)13-8-6-12(7-9-13)18(19,20)21/h2-9H,1,10H2,(H,22,23)(H,25,26). The molecule has 2 aromatic carbocycles. The van der Waals surface area contributed by atoms with Crippen molar-refractivity contribution in [3.63, 3.8) is 0 Å². The molecule has 0 unspecified atom stereocenters. The lowest BCUT2D eigenvalue weighted by Crippen LogP contribution is -2.11. The Bertz CT molecular complexity index is 976. The van der Waals surface area contributed by atoms with E-state index in [0.717, 1.165) is 12.1 Å². The van der Waals surface area contributed by atoms with Gasteiger partial charge in [0, 0.05) is 17.5 Å². The lowest BCUT2D eigenvalue weighted by molar-refractivity contribution is -0.137. The molecule has 1 aromatic heterocycles. The SMILES string of the molecule is C=C(CNc1nn(-c2ccc(C(F)(F)F)cc2)c2ccccc12)C(=O)O. The van der Waals surface area contributed by atoms with Gasteiger partial charge in [-0.2, -0.15) is 13.2 Å². The summed E-state index contributed by atoms with van der Waals surface area (Å²) in [5.41, 5.74) is 0.363. The van der Waals surface area contributed by atoms with Crippen molar-refractivity contribution >= 4 is 22.7 Å². The summed E-state index contributed by atoms with van der Waals surface area (Å²) in [6.07, 6.45) is -4.41. The quantitative estimate of drug-likeness (QED) is 0.672. The summed E-state index contributed by atoms with van der Waals surface area (Å²) in [5, 5.41) is 16.9. The summed E-state index contributed by atoms with van der Waals surface area (Å²) in [5.74, 6) is -0.702. The number of fused-ring (bicyclic) bond motifs is 1. The predicted molar refractivity (Wildman–Crippen MR) is 91.3 cm³/mol. The molecule has 8 heteroatoms. The topological polar surface area (TPSA) is 67.2 Å². The van der Waals surface area contributed by atoms with Crippen molar-refractivity contribution in [2.24, 2.45) is 0 Å². The highest BCUT2D eigenvalue weighted by atomic mass is 19.4. The molecule has 134 valence electrons. The van der Waals surface area contributed by atoms with E-state index in [1.807, 2.05) is 0 Å². The fourth-order valence-electron chi connectivity index (χ4n) is 2.45. The molecule has 0 saturated carbocycles. The van der Waals surface area contributed by atoms with Crippen molar-refractivity contribution in [2.45, 2.75) is 6.18 Å². The molecule has 0 amide bonds. The molecule has 0 radical (unpaired) electrons. The summed E-state index contributed by atoms with van der Waals surface area (Å²) in [6.45, 7) is 3.43. The molecule has 0 spiro atoms. The van der Waals surface area contributed by atoms with Gasteiger partial charge in [0.05, 0.1) is 16.8 Å². The minimum absolute atomic E-state index is 0.0106. The Morgan fingerprint density at radius 1 is 1.15 bits per heavy atom. The molecule has 0 aliphatic heterocycles. The Labute approximate surface area is 146 Å². The third-order valence-corrected chi connectivity index (χ3v) is 3.80. The molecular weight excluding hydrogens is 347 g/mol. The van der Waals surface area contributed by atoms with E-state index >= 15 is 0 Å². The van der Waals surface area contributed by atoms with Crippen molar-refractivity contribution in [1.82, 2.24) is 9.78 Å². The summed E-state index contributed by atoms with van der Waals surface area (Å²) >= 11 is 0. The smallest absolute Gasteiger partial charge is 0.416 e. The molecular formula is C18H14F3N3O2. The highest BCUT2D eigenvalue weighted by Crippen LogP contribution is 2.31. The van der Waals surface area contributed by atoms with Crippen LogP contribution in [0.1, 0.15) is 5.56 Å². The fraction of sp³-hybridized carbons (Fsp3) is 0.111. The Hall–Kier alpha value is -3.29. The third kappa shape index (κ3) is 3.39. The third-order valence-electron chi connectivity index (χ3n) is 3.80. The van der Waals surface area contributed by atoms with E-state index in [0.29, 0.717) is 22.4 Å². The number of benzene rings is 2. The number of para-hydroxylation sites is 1. The lowest BCUT2D eigenvalue weighted by atomic mass is 10.2. The molecule has 26 heavy (non-hydrogen) atoms. The van der Waals surface area contributed by atoms with Crippen molar-refractivity contribution in [2.75, 3.05) is 11.9 Å². The molecule has 3 rings (SSSR count). The number of carbonyl (C=O) groups is 1. The van der Waals surface area contributed by atoms with Crippen LogP contribution >= 0.6 is 0 Å². The maximum atomic E-state index is 12.7. The lowest BCUT2D eigenvalue weighted by Gasteiger charge is -2.08. The average Bonchev–Trinajstić information content (AvgIpc) is 2.98. The van der Waals surface area contributed by atoms with Gasteiger partial charge in [0.25, 0.3) is 0 Å². The van der Waals surface area contributed by atoms with Crippen LogP contribution in [0.15, 0.2) is 60.7 Å². The molecule has 3 aromatic rings. The molecule has 0 bridgehead atoms. The second-order valence-electron chi connectivity index (χ2n) is 5.58. The molecule has 0 saturated heterocycles. The number of carboxylic acid groups (broad SMARTS) is 1. The molecule has 0 aliphatic carbocycles. The van der Waals surface area contributed by atoms with Gasteiger partial charge < -0.3 is 10.4 Å². The average molecular weight is 361 g/mol. The number of halogens is 3. The maximum absolute atomic E-state index is 12.7. The monoisotopic (exact) mass is 361 g/mol. The van der Waals surface area contributed by atoms with Gasteiger partial charge in [-0.15, -0.1) is 5.10 Å². The number of aliphatic carboxylic acids is 1. The van der Waals surface area contributed by atoms with Gasteiger partial charge in [-0.3, -0.25) is 0 Å². The summed E-state index contributed by atoms with van der Waals surface area (Å²) in [7, 11) is 0. The van der Waals surface area contributed by atoms with Crippen LogP contribution in [0.2, 0.25) is 0 Å². The maximum Gasteiger partial charge on any atom is 0.416 e. The van der Waals surface area contributed by atoms with E-state index in [9.17, 15) is 18.0 Å². The number of alkyl halides is 3. The van der Waals surface area contributed by atoms with Gasteiger partial charge in [-0.25, -0.2) is 9.48 Å². The van der Waals surface area contributed by atoms with Crippen LogP contribution in [0.25, 0.3) is 16.6 Å². The molecule has 0 aliphatic rings. The number of hydrogen-bond donors (Lipinski definition) is 2. The van der Waals surface area contributed by atoms with E-state index in [-0.39, 0.29) is 12.1 Å². The normalized spacial score (nSPS) is 11.5. The Morgan fingerprint density at radius 2 is 1.81 bits per heavy atom. The van der Waals surface area contributed by atoms with E-state index in [4.69, 9.17) is 5.11 Å². The second kappa shape index (κ2) is 6.55. The van der Waals surface area contributed by atoms with E-state index in [2.05, 4.69) is 17.0 Å². The zero-order valence-electron chi connectivity index (χ0n) is 13.4. The van der Waals surface area contributed by atoms with Crippen molar-refractivity contribution in [3.8, 4) is 5.69 Å². The largest absolute Gasteiger partial charge is 0.478 e. The van der Waals surface area contributed by atoms with Gasteiger partial charge in [0.2, 0.25) is 0 Å². The Kier molecular flexibility index (Phi) is 4.41. The van der Waals surface area contributed by atoms with E-state index < -0.39 is 17.7 Å². The number of carboxylic acids is 1. The van der Waals surface area contributed by atoms with Gasteiger partial charge >= 0.3 is 12.1 Å². The minimum atomic E-state index is -4.41. The summed E-state index contributed by atoms with van der Waals surface area (Å²) < 4.78 is 39.7. The number of nitrogens with one attached hydrogen (secondary N) is 1. The predicted octanol–water partition coefficient (Wildman–Crippen LogP) is 4.10. The summed E-state index contributed by atoms with van der Waals surface area (Å²) in [4.78, 5) is 10.9. The fourth-order valence-corrected chi connectivity index (χ4v) is 2.45.